The molecule has 1 unspecified atom stereocenters. The molecule has 1 atom stereocenters. The fraction of sp³-hybridized carbons (Fsp3) is 0.364. The zero-order valence-corrected chi connectivity index (χ0v) is 16.2. The molecular formula is C22H25N5O. The zero-order chi connectivity index (χ0) is 19.3. The van der Waals surface area contributed by atoms with Crippen LogP contribution < -0.4 is 0 Å². The smallest absolute Gasteiger partial charge is 0.272 e. The summed E-state index contributed by atoms with van der Waals surface area (Å²) in [6.45, 7) is 3.48. The maximum absolute atomic E-state index is 12.9. The molecule has 4 rings (SSSR count). The van der Waals surface area contributed by atoms with Crippen molar-refractivity contribution in [3.05, 3.63) is 77.6 Å². The standard InChI is InChI=1S/C22H25N5O/c1-17-7-5-11-20(24-17)22(28)27-14-6-10-19(27)12-13-21-25-23-16-26(21)15-18-8-3-2-4-9-18/h2-5,7-9,11,16,19H,6,10,12-15H2,1H3. The number of pyridine rings is 1. The Bertz CT molecular complexity index is 937. The Hall–Kier alpha value is -3.02. The van der Waals surface area contributed by atoms with Gasteiger partial charge in [-0.15, -0.1) is 10.2 Å². The molecule has 6 heteroatoms. The van der Waals surface area contributed by atoms with E-state index in [1.54, 1.807) is 12.4 Å². The topological polar surface area (TPSA) is 63.9 Å². The van der Waals surface area contributed by atoms with E-state index in [0.29, 0.717) is 5.69 Å². The molecule has 0 spiro atoms. The van der Waals surface area contributed by atoms with Gasteiger partial charge in [-0.05, 0) is 43.9 Å². The van der Waals surface area contributed by atoms with Crippen LogP contribution in [0.25, 0.3) is 0 Å². The van der Waals surface area contributed by atoms with Crippen LogP contribution in [0.5, 0.6) is 0 Å². The van der Waals surface area contributed by atoms with Crippen molar-refractivity contribution in [2.24, 2.45) is 0 Å². The molecule has 144 valence electrons. The van der Waals surface area contributed by atoms with Gasteiger partial charge in [-0.25, -0.2) is 4.98 Å². The number of rotatable bonds is 6. The highest BCUT2D eigenvalue weighted by molar-refractivity contribution is 5.92. The van der Waals surface area contributed by atoms with E-state index < -0.39 is 0 Å². The molecule has 0 radical (unpaired) electrons. The summed E-state index contributed by atoms with van der Waals surface area (Å²) in [6, 6.07) is 16.2. The number of carbonyl (C=O) groups excluding carboxylic acids is 1. The first-order valence-electron chi connectivity index (χ1n) is 9.86. The number of aryl methyl sites for hydroxylation is 2. The minimum absolute atomic E-state index is 0.0388. The highest BCUT2D eigenvalue weighted by atomic mass is 16.2. The quantitative estimate of drug-likeness (QED) is 0.663. The van der Waals surface area contributed by atoms with E-state index in [2.05, 4.69) is 31.9 Å². The Kier molecular flexibility index (Phi) is 5.46. The normalized spacial score (nSPS) is 16.5. The molecule has 3 aromatic rings. The molecule has 0 bridgehead atoms. The summed E-state index contributed by atoms with van der Waals surface area (Å²) in [6.07, 6.45) is 5.56. The van der Waals surface area contributed by atoms with Gasteiger partial charge in [-0.2, -0.15) is 0 Å². The van der Waals surface area contributed by atoms with Gasteiger partial charge in [0.25, 0.3) is 5.91 Å². The third kappa shape index (κ3) is 4.11. The van der Waals surface area contributed by atoms with Gasteiger partial charge in [0.05, 0.1) is 6.54 Å². The molecule has 1 amide bonds. The van der Waals surface area contributed by atoms with Crippen molar-refractivity contribution < 1.29 is 4.79 Å². The summed E-state index contributed by atoms with van der Waals surface area (Å²) in [4.78, 5) is 19.3. The molecule has 2 aromatic heterocycles. The van der Waals surface area contributed by atoms with Gasteiger partial charge >= 0.3 is 0 Å². The second-order valence-electron chi connectivity index (χ2n) is 7.36. The largest absolute Gasteiger partial charge is 0.334 e. The molecule has 0 saturated carbocycles. The molecule has 0 aliphatic carbocycles. The van der Waals surface area contributed by atoms with Crippen molar-refractivity contribution in [1.82, 2.24) is 24.6 Å². The van der Waals surface area contributed by atoms with Gasteiger partial charge in [0.15, 0.2) is 0 Å². The fourth-order valence-corrected chi connectivity index (χ4v) is 3.89. The van der Waals surface area contributed by atoms with Gasteiger partial charge in [-0.3, -0.25) is 4.79 Å². The Balaban J connectivity index is 1.41. The highest BCUT2D eigenvalue weighted by Crippen LogP contribution is 2.23. The van der Waals surface area contributed by atoms with Gasteiger partial charge in [0.2, 0.25) is 0 Å². The SMILES string of the molecule is Cc1cccc(C(=O)N2CCCC2CCc2nncn2Cc2ccccc2)n1. The van der Waals surface area contributed by atoms with Crippen LogP contribution in [0.15, 0.2) is 54.9 Å². The first kappa shape index (κ1) is 18.3. The van der Waals surface area contributed by atoms with Crippen LogP contribution in [0, 0.1) is 6.92 Å². The minimum atomic E-state index is 0.0388. The van der Waals surface area contributed by atoms with Crippen molar-refractivity contribution in [3.8, 4) is 0 Å². The predicted octanol–water partition coefficient (Wildman–Crippen LogP) is 3.27. The lowest BCUT2D eigenvalue weighted by molar-refractivity contribution is 0.0724. The van der Waals surface area contributed by atoms with Crippen LogP contribution in [-0.2, 0) is 13.0 Å². The van der Waals surface area contributed by atoms with Crippen molar-refractivity contribution in [3.63, 3.8) is 0 Å². The lowest BCUT2D eigenvalue weighted by Gasteiger charge is -2.24. The van der Waals surface area contributed by atoms with Crippen LogP contribution in [0.2, 0.25) is 0 Å². The van der Waals surface area contributed by atoms with Gasteiger partial charge in [-0.1, -0.05) is 36.4 Å². The Morgan fingerprint density at radius 2 is 2.00 bits per heavy atom. The van der Waals surface area contributed by atoms with E-state index >= 15 is 0 Å². The molecule has 1 aliphatic rings. The molecule has 1 saturated heterocycles. The number of benzene rings is 1. The minimum Gasteiger partial charge on any atom is -0.334 e. The van der Waals surface area contributed by atoms with E-state index in [1.165, 1.54) is 5.56 Å². The lowest BCUT2D eigenvalue weighted by atomic mass is 10.1. The average Bonchev–Trinajstić information content (AvgIpc) is 3.36. The van der Waals surface area contributed by atoms with Crippen molar-refractivity contribution in [1.29, 1.82) is 0 Å². The maximum Gasteiger partial charge on any atom is 0.272 e. The Labute approximate surface area is 165 Å². The van der Waals surface area contributed by atoms with Gasteiger partial charge in [0.1, 0.15) is 17.8 Å². The Morgan fingerprint density at radius 3 is 2.82 bits per heavy atom. The third-order valence-corrected chi connectivity index (χ3v) is 5.34. The molecule has 1 aromatic carbocycles. The predicted molar refractivity (Wildman–Crippen MR) is 107 cm³/mol. The second-order valence-corrected chi connectivity index (χ2v) is 7.36. The summed E-state index contributed by atoms with van der Waals surface area (Å²) in [5.41, 5.74) is 2.64. The summed E-state index contributed by atoms with van der Waals surface area (Å²) in [5, 5.41) is 8.41. The number of carbonyl (C=O) groups is 1. The Morgan fingerprint density at radius 1 is 1.14 bits per heavy atom. The van der Waals surface area contributed by atoms with E-state index in [4.69, 9.17) is 0 Å². The number of amides is 1. The molecule has 0 N–H and O–H groups in total. The summed E-state index contributed by atoms with van der Waals surface area (Å²) in [7, 11) is 0. The molecule has 1 fully saturated rings. The number of aromatic nitrogens is 4. The summed E-state index contributed by atoms with van der Waals surface area (Å²) in [5.74, 6) is 1.01. The van der Waals surface area contributed by atoms with Crippen LogP contribution in [-0.4, -0.2) is 43.1 Å². The van der Waals surface area contributed by atoms with E-state index in [1.807, 2.05) is 42.2 Å². The molecular weight excluding hydrogens is 350 g/mol. The zero-order valence-electron chi connectivity index (χ0n) is 16.2. The van der Waals surface area contributed by atoms with Crippen molar-refractivity contribution in [2.45, 2.75) is 45.2 Å². The van der Waals surface area contributed by atoms with Crippen LogP contribution in [0.3, 0.4) is 0 Å². The molecule has 6 nitrogen and oxygen atoms in total. The van der Waals surface area contributed by atoms with Crippen LogP contribution >= 0.6 is 0 Å². The van der Waals surface area contributed by atoms with Crippen LogP contribution in [0.4, 0.5) is 0 Å². The summed E-state index contributed by atoms with van der Waals surface area (Å²) < 4.78 is 2.10. The van der Waals surface area contributed by atoms with Crippen LogP contribution in [0.1, 0.15) is 46.8 Å². The van der Waals surface area contributed by atoms with Gasteiger partial charge in [0, 0.05) is 24.7 Å². The molecule has 3 heterocycles. The second kappa shape index (κ2) is 8.33. The number of likely N-dealkylation sites (tertiary alicyclic amines) is 1. The van der Waals surface area contributed by atoms with Crippen molar-refractivity contribution >= 4 is 5.91 Å². The maximum atomic E-state index is 12.9. The number of hydrogen-bond donors (Lipinski definition) is 0. The number of hydrogen-bond acceptors (Lipinski definition) is 4. The first-order valence-corrected chi connectivity index (χ1v) is 9.86. The monoisotopic (exact) mass is 375 g/mol. The lowest BCUT2D eigenvalue weighted by Crippen LogP contribution is -2.36. The highest BCUT2D eigenvalue weighted by Gasteiger charge is 2.30. The van der Waals surface area contributed by atoms with E-state index in [0.717, 1.165) is 50.3 Å². The van der Waals surface area contributed by atoms with Crippen molar-refractivity contribution in [2.75, 3.05) is 6.54 Å². The number of nitrogens with zero attached hydrogens (tertiary/aromatic N) is 5. The third-order valence-electron chi connectivity index (χ3n) is 5.34. The molecule has 28 heavy (non-hydrogen) atoms. The van der Waals surface area contributed by atoms with E-state index in [9.17, 15) is 4.79 Å². The fourth-order valence-electron chi connectivity index (χ4n) is 3.89. The average molecular weight is 375 g/mol. The van der Waals surface area contributed by atoms with Gasteiger partial charge < -0.3 is 9.47 Å². The molecule has 1 aliphatic heterocycles. The van der Waals surface area contributed by atoms with E-state index in [-0.39, 0.29) is 11.9 Å². The first-order chi connectivity index (χ1) is 13.7. The summed E-state index contributed by atoms with van der Waals surface area (Å²) >= 11 is 0.